The van der Waals surface area contributed by atoms with Crippen molar-refractivity contribution in [2.45, 2.75) is 50.7 Å². The summed E-state index contributed by atoms with van der Waals surface area (Å²) in [6.45, 7) is 0.216. The number of amides is 1. The van der Waals surface area contributed by atoms with Gasteiger partial charge in [0, 0.05) is 36.7 Å². The Morgan fingerprint density at radius 1 is 1.27 bits per heavy atom. The van der Waals surface area contributed by atoms with Gasteiger partial charge in [0.25, 0.3) is 5.69 Å². The summed E-state index contributed by atoms with van der Waals surface area (Å²) in [5, 5.41) is 17.3. The van der Waals surface area contributed by atoms with Crippen LogP contribution in [0.3, 0.4) is 0 Å². The van der Waals surface area contributed by atoms with Gasteiger partial charge in [0.15, 0.2) is 0 Å². The lowest BCUT2D eigenvalue weighted by atomic mass is 9.89. The lowest BCUT2D eigenvalue weighted by Gasteiger charge is -2.28. The van der Waals surface area contributed by atoms with Crippen molar-refractivity contribution in [2.24, 2.45) is 5.92 Å². The SMILES string of the molecule is O=C(CC1CC2CCC(C1)N2)NCc1ccccc1[N+](=O)[O-]. The third-order valence-corrected chi connectivity index (χ3v) is 4.71. The van der Waals surface area contributed by atoms with Crippen LogP contribution in [0.2, 0.25) is 0 Å². The highest BCUT2D eigenvalue weighted by molar-refractivity contribution is 5.76. The van der Waals surface area contributed by atoms with Crippen molar-refractivity contribution in [2.75, 3.05) is 0 Å². The summed E-state index contributed by atoms with van der Waals surface area (Å²) in [5.41, 5.74) is 0.606. The number of fused-ring (bicyclic) bond motifs is 2. The van der Waals surface area contributed by atoms with Crippen molar-refractivity contribution in [3.05, 3.63) is 39.9 Å². The molecule has 2 fully saturated rings. The minimum atomic E-state index is -0.411. The zero-order valence-electron chi connectivity index (χ0n) is 12.5. The second kappa shape index (κ2) is 6.44. The number of nitrogens with zero attached hydrogens (tertiary/aromatic N) is 1. The Morgan fingerprint density at radius 2 is 1.95 bits per heavy atom. The Hall–Kier alpha value is -1.95. The van der Waals surface area contributed by atoms with Gasteiger partial charge in [0.05, 0.1) is 4.92 Å². The molecule has 2 N–H and O–H groups in total. The van der Waals surface area contributed by atoms with Gasteiger partial charge in [0.2, 0.25) is 5.91 Å². The van der Waals surface area contributed by atoms with Gasteiger partial charge in [-0.2, -0.15) is 0 Å². The molecule has 118 valence electrons. The Bertz CT molecular complexity index is 564. The molecule has 2 unspecified atom stereocenters. The quantitative estimate of drug-likeness (QED) is 0.644. The molecule has 2 aliphatic rings. The van der Waals surface area contributed by atoms with Gasteiger partial charge in [-0.05, 0) is 31.6 Å². The molecule has 2 aliphatic heterocycles. The van der Waals surface area contributed by atoms with E-state index in [1.807, 2.05) is 0 Å². The second-order valence-electron chi connectivity index (χ2n) is 6.34. The standard InChI is InChI=1S/C16H21N3O3/c20-16(9-11-7-13-5-6-14(8-11)18-13)17-10-12-3-1-2-4-15(12)19(21)22/h1-4,11,13-14,18H,5-10H2,(H,17,20). The summed E-state index contributed by atoms with van der Waals surface area (Å²) in [4.78, 5) is 22.6. The van der Waals surface area contributed by atoms with Crippen LogP contribution in [0.4, 0.5) is 5.69 Å². The van der Waals surface area contributed by atoms with Crippen LogP contribution in [0.15, 0.2) is 24.3 Å². The third kappa shape index (κ3) is 3.44. The molecule has 0 aliphatic carbocycles. The number of nitro groups is 1. The number of para-hydroxylation sites is 1. The number of nitrogens with one attached hydrogen (secondary N) is 2. The second-order valence-corrected chi connectivity index (χ2v) is 6.34. The Morgan fingerprint density at radius 3 is 2.64 bits per heavy atom. The molecule has 1 aromatic rings. The largest absolute Gasteiger partial charge is 0.352 e. The van der Waals surface area contributed by atoms with E-state index >= 15 is 0 Å². The van der Waals surface area contributed by atoms with E-state index in [0.717, 1.165) is 12.8 Å². The van der Waals surface area contributed by atoms with E-state index < -0.39 is 4.92 Å². The fourth-order valence-electron chi connectivity index (χ4n) is 3.71. The van der Waals surface area contributed by atoms with Gasteiger partial charge in [-0.1, -0.05) is 18.2 Å². The Kier molecular flexibility index (Phi) is 4.38. The van der Waals surface area contributed by atoms with Crippen molar-refractivity contribution >= 4 is 11.6 Å². The number of rotatable bonds is 5. The molecule has 1 aromatic carbocycles. The monoisotopic (exact) mass is 303 g/mol. The van der Waals surface area contributed by atoms with Gasteiger partial charge in [-0.15, -0.1) is 0 Å². The van der Waals surface area contributed by atoms with Crippen LogP contribution >= 0.6 is 0 Å². The average molecular weight is 303 g/mol. The maximum Gasteiger partial charge on any atom is 0.274 e. The molecule has 1 amide bonds. The molecule has 6 nitrogen and oxygen atoms in total. The molecular weight excluding hydrogens is 282 g/mol. The molecule has 2 atom stereocenters. The highest BCUT2D eigenvalue weighted by Crippen LogP contribution is 2.32. The van der Waals surface area contributed by atoms with E-state index in [2.05, 4.69) is 10.6 Å². The number of carbonyl (C=O) groups excluding carboxylic acids is 1. The molecule has 6 heteroatoms. The molecular formula is C16H21N3O3. The summed E-state index contributed by atoms with van der Waals surface area (Å²) in [6.07, 6.45) is 5.10. The molecule has 2 heterocycles. The Labute approximate surface area is 129 Å². The van der Waals surface area contributed by atoms with Gasteiger partial charge in [-0.25, -0.2) is 0 Å². The summed E-state index contributed by atoms with van der Waals surface area (Å²) < 4.78 is 0. The van der Waals surface area contributed by atoms with Crippen LogP contribution < -0.4 is 10.6 Å². The predicted molar refractivity (Wildman–Crippen MR) is 82.2 cm³/mol. The van der Waals surface area contributed by atoms with E-state index in [-0.39, 0.29) is 18.1 Å². The maximum atomic E-state index is 12.1. The van der Waals surface area contributed by atoms with Gasteiger partial charge in [-0.3, -0.25) is 14.9 Å². The fraction of sp³-hybridized carbons (Fsp3) is 0.562. The van der Waals surface area contributed by atoms with E-state index in [1.54, 1.807) is 18.2 Å². The number of carbonyl (C=O) groups is 1. The molecule has 0 radical (unpaired) electrons. The van der Waals surface area contributed by atoms with E-state index in [1.165, 1.54) is 18.9 Å². The fourth-order valence-corrected chi connectivity index (χ4v) is 3.71. The van der Waals surface area contributed by atoms with Crippen LogP contribution in [0.25, 0.3) is 0 Å². The van der Waals surface area contributed by atoms with Gasteiger partial charge >= 0.3 is 0 Å². The summed E-state index contributed by atoms with van der Waals surface area (Å²) >= 11 is 0. The first kappa shape index (κ1) is 15.0. The first-order chi connectivity index (χ1) is 10.6. The van der Waals surface area contributed by atoms with E-state index in [9.17, 15) is 14.9 Å². The predicted octanol–water partition coefficient (Wildman–Crippen LogP) is 2.13. The molecule has 2 saturated heterocycles. The molecule has 0 saturated carbocycles. The number of hydrogen-bond acceptors (Lipinski definition) is 4. The normalized spacial score (nSPS) is 26.6. The lowest BCUT2D eigenvalue weighted by Crippen LogP contribution is -2.39. The minimum Gasteiger partial charge on any atom is -0.352 e. The zero-order valence-corrected chi connectivity index (χ0v) is 12.5. The topological polar surface area (TPSA) is 84.3 Å². The zero-order chi connectivity index (χ0) is 15.5. The lowest BCUT2D eigenvalue weighted by molar-refractivity contribution is -0.385. The summed E-state index contributed by atoms with van der Waals surface area (Å²) in [5.74, 6) is 0.425. The minimum absolute atomic E-state index is 0.00977. The third-order valence-electron chi connectivity index (χ3n) is 4.71. The van der Waals surface area contributed by atoms with Gasteiger partial charge < -0.3 is 10.6 Å². The maximum absolute atomic E-state index is 12.1. The molecule has 0 spiro atoms. The molecule has 2 bridgehead atoms. The van der Waals surface area contributed by atoms with Crippen molar-refractivity contribution in [3.8, 4) is 0 Å². The van der Waals surface area contributed by atoms with Crippen molar-refractivity contribution in [1.29, 1.82) is 0 Å². The number of benzene rings is 1. The first-order valence-electron chi connectivity index (χ1n) is 7.87. The summed E-state index contributed by atoms with van der Waals surface area (Å²) in [6, 6.07) is 7.68. The van der Waals surface area contributed by atoms with Crippen LogP contribution in [0.5, 0.6) is 0 Å². The van der Waals surface area contributed by atoms with E-state index in [0.29, 0.717) is 30.0 Å². The van der Waals surface area contributed by atoms with Crippen LogP contribution in [-0.4, -0.2) is 22.9 Å². The highest BCUT2D eigenvalue weighted by atomic mass is 16.6. The van der Waals surface area contributed by atoms with Crippen molar-refractivity contribution in [3.63, 3.8) is 0 Å². The first-order valence-corrected chi connectivity index (χ1v) is 7.87. The molecule has 3 rings (SSSR count). The van der Waals surface area contributed by atoms with Crippen LogP contribution in [-0.2, 0) is 11.3 Å². The van der Waals surface area contributed by atoms with Crippen LogP contribution in [0.1, 0.15) is 37.7 Å². The highest BCUT2D eigenvalue weighted by Gasteiger charge is 2.34. The van der Waals surface area contributed by atoms with Crippen molar-refractivity contribution < 1.29 is 9.72 Å². The number of piperidine rings is 1. The average Bonchev–Trinajstić information content (AvgIpc) is 2.84. The Balaban J connectivity index is 1.51. The van der Waals surface area contributed by atoms with Crippen molar-refractivity contribution in [1.82, 2.24) is 10.6 Å². The summed E-state index contributed by atoms with van der Waals surface area (Å²) in [7, 11) is 0. The molecule has 22 heavy (non-hydrogen) atoms. The number of hydrogen-bond donors (Lipinski definition) is 2. The molecule has 0 aromatic heterocycles. The van der Waals surface area contributed by atoms with Gasteiger partial charge in [0.1, 0.15) is 0 Å². The van der Waals surface area contributed by atoms with E-state index in [4.69, 9.17) is 0 Å². The number of nitro benzene ring substituents is 1. The smallest absolute Gasteiger partial charge is 0.274 e. The van der Waals surface area contributed by atoms with Crippen LogP contribution in [0, 0.1) is 16.0 Å².